The van der Waals surface area contributed by atoms with E-state index in [9.17, 15) is 0 Å². The fourth-order valence-electron chi connectivity index (χ4n) is 1.65. The van der Waals surface area contributed by atoms with E-state index in [1.54, 1.807) is 0 Å². The van der Waals surface area contributed by atoms with Gasteiger partial charge in [0.25, 0.3) is 0 Å². The molecule has 2 rings (SSSR count). The number of hydrogen-bond donors (Lipinski definition) is 2. The first kappa shape index (κ1) is 14.7. The van der Waals surface area contributed by atoms with Crippen molar-refractivity contribution in [2.45, 2.75) is 26.7 Å². The van der Waals surface area contributed by atoms with Gasteiger partial charge >= 0.3 is 0 Å². The minimum absolute atomic E-state index is 0.188. The quantitative estimate of drug-likeness (QED) is 0.657. The molecule has 3 N–H and O–H groups in total. The van der Waals surface area contributed by atoms with Gasteiger partial charge in [0.2, 0.25) is 5.88 Å². The Balaban J connectivity index is 2.42. The molecule has 0 saturated heterocycles. The van der Waals surface area contributed by atoms with Crippen molar-refractivity contribution in [1.29, 1.82) is 0 Å². The molecule has 0 aliphatic rings. The number of nitrogen functional groups attached to an aromatic ring is 1. The highest BCUT2D eigenvalue weighted by atomic mass is 79.9. The lowest BCUT2D eigenvalue weighted by molar-refractivity contribution is 0.453. The Morgan fingerprint density at radius 3 is 2.65 bits per heavy atom. The van der Waals surface area contributed by atoms with Gasteiger partial charge in [-0.15, -0.1) is 0 Å². The fraction of sp³-hybridized carbons (Fsp3) is 0.286. The number of nitrogens with one attached hydrogen (secondary N) is 1. The second-order valence-electron chi connectivity index (χ2n) is 4.72. The van der Waals surface area contributed by atoms with E-state index in [1.165, 1.54) is 0 Å². The molecule has 6 heteroatoms. The van der Waals surface area contributed by atoms with Crippen molar-refractivity contribution in [3.8, 4) is 11.6 Å². The third kappa shape index (κ3) is 3.26. The maximum atomic E-state index is 5.85. The first-order valence-corrected chi connectivity index (χ1v) is 7.09. The van der Waals surface area contributed by atoms with Crippen LogP contribution in [0.25, 0.3) is 0 Å². The van der Waals surface area contributed by atoms with Crippen molar-refractivity contribution in [3.63, 3.8) is 0 Å². The molecule has 2 aromatic rings. The molecule has 106 valence electrons. The van der Waals surface area contributed by atoms with Crippen molar-refractivity contribution < 1.29 is 4.74 Å². The summed E-state index contributed by atoms with van der Waals surface area (Å²) in [7, 11) is 0. The fourth-order valence-corrected chi connectivity index (χ4v) is 2.03. The summed E-state index contributed by atoms with van der Waals surface area (Å²) in [6.07, 6.45) is 0. The molecule has 1 heterocycles. The summed E-state index contributed by atoms with van der Waals surface area (Å²) in [5.41, 5.74) is 3.36. The Morgan fingerprint density at radius 1 is 1.30 bits per heavy atom. The Hall–Kier alpha value is -1.66. The van der Waals surface area contributed by atoms with Crippen LogP contribution in [0.2, 0.25) is 0 Å². The highest BCUT2D eigenvalue weighted by Crippen LogP contribution is 2.29. The summed E-state index contributed by atoms with van der Waals surface area (Å²) >= 11 is 3.41. The van der Waals surface area contributed by atoms with E-state index in [0.717, 1.165) is 10.0 Å². The molecule has 0 aliphatic heterocycles. The third-order valence-corrected chi connectivity index (χ3v) is 3.28. The molecule has 0 atom stereocenters. The molecule has 0 bridgehead atoms. The van der Waals surface area contributed by atoms with Gasteiger partial charge in [0.15, 0.2) is 5.82 Å². The Bertz CT molecular complexity index is 616. The lowest BCUT2D eigenvalue weighted by atomic mass is 10.2. The molecule has 20 heavy (non-hydrogen) atoms. The van der Waals surface area contributed by atoms with Crippen LogP contribution in [0.5, 0.6) is 11.6 Å². The van der Waals surface area contributed by atoms with Crippen molar-refractivity contribution in [1.82, 2.24) is 9.97 Å². The molecule has 0 amide bonds. The van der Waals surface area contributed by atoms with Gasteiger partial charge in [-0.1, -0.05) is 35.8 Å². The largest absolute Gasteiger partial charge is 0.439 e. The molecule has 1 aromatic heterocycles. The number of halogens is 1. The number of benzene rings is 1. The molecular formula is C14H17BrN4O. The number of nitrogens with zero attached hydrogens (tertiary/aromatic N) is 2. The van der Waals surface area contributed by atoms with Gasteiger partial charge in [-0.3, -0.25) is 0 Å². The molecule has 0 unspecified atom stereocenters. The van der Waals surface area contributed by atoms with Crippen molar-refractivity contribution in [3.05, 3.63) is 40.1 Å². The van der Waals surface area contributed by atoms with E-state index >= 15 is 0 Å². The SMILES string of the molecule is Cc1c(NN)nc(C(C)C)nc1Oc1cccc(Br)c1. The van der Waals surface area contributed by atoms with Crippen LogP contribution < -0.4 is 16.0 Å². The monoisotopic (exact) mass is 336 g/mol. The smallest absolute Gasteiger partial charge is 0.227 e. The second kappa shape index (κ2) is 6.19. The molecular weight excluding hydrogens is 320 g/mol. The first-order valence-electron chi connectivity index (χ1n) is 6.30. The minimum atomic E-state index is 0.188. The van der Waals surface area contributed by atoms with Crippen LogP contribution in [0, 0.1) is 6.92 Å². The summed E-state index contributed by atoms with van der Waals surface area (Å²) < 4.78 is 6.79. The third-order valence-electron chi connectivity index (χ3n) is 2.78. The number of hydrogen-bond acceptors (Lipinski definition) is 5. The van der Waals surface area contributed by atoms with Gasteiger partial charge in [0.1, 0.15) is 11.6 Å². The minimum Gasteiger partial charge on any atom is -0.439 e. The van der Waals surface area contributed by atoms with Crippen LogP contribution in [0.15, 0.2) is 28.7 Å². The number of aromatic nitrogens is 2. The average molecular weight is 337 g/mol. The standard InChI is InChI=1S/C14H17BrN4O/c1-8(2)12-17-13(19-16)9(3)14(18-12)20-11-6-4-5-10(15)7-11/h4-8H,16H2,1-3H3,(H,17,18,19). The van der Waals surface area contributed by atoms with E-state index in [-0.39, 0.29) is 5.92 Å². The highest BCUT2D eigenvalue weighted by molar-refractivity contribution is 9.10. The Labute approximate surface area is 126 Å². The van der Waals surface area contributed by atoms with E-state index in [4.69, 9.17) is 10.6 Å². The van der Waals surface area contributed by atoms with Gasteiger partial charge in [-0.05, 0) is 25.1 Å². The van der Waals surface area contributed by atoms with Gasteiger partial charge in [0, 0.05) is 10.4 Å². The van der Waals surface area contributed by atoms with Crippen LogP contribution in [0.1, 0.15) is 31.2 Å². The summed E-state index contributed by atoms with van der Waals surface area (Å²) in [6, 6.07) is 7.59. The van der Waals surface area contributed by atoms with Gasteiger partial charge in [-0.25, -0.2) is 10.8 Å². The Morgan fingerprint density at radius 2 is 2.05 bits per heavy atom. The van der Waals surface area contributed by atoms with Crippen LogP contribution in [0.3, 0.4) is 0 Å². The second-order valence-corrected chi connectivity index (χ2v) is 5.63. The summed E-state index contributed by atoms with van der Waals surface area (Å²) in [5.74, 6) is 8.17. The maximum absolute atomic E-state index is 5.85. The molecule has 0 spiro atoms. The maximum Gasteiger partial charge on any atom is 0.227 e. The highest BCUT2D eigenvalue weighted by Gasteiger charge is 2.14. The average Bonchev–Trinajstić information content (AvgIpc) is 2.41. The molecule has 0 saturated carbocycles. The van der Waals surface area contributed by atoms with E-state index in [0.29, 0.717) is 23.3 Å². The zero-order chi connectivity index (χ0) is 14.7. The van der Waals surface area contributed by atoms with Crippen LogP contribution in [-0.2, 0) is 0 Å². The van der Waals surface area contributed by atoms with Crippen LogP contribution in [0.4, 0.5) is 5.82 Å². The topological polar surface area (TPSA) is 73.1 Å². The van der Waals surface area contributed by atoms with Gasteiger partial charge in [0.05, 0.1) is 5.56 Å². The van der Waals surface area contributed by atoms with E-state index in [2.05, 4.69) is 31.3 Å². The molecule has 0 fully saturated rings. The van der Waals surface area contributed by atoms with E-state index < -0.39 is 0 Å². The normalized spacial score (nSPS) is 10.7. The molecule has 1 aromatic carbocycles. The van der Waals surface area contributed by atoms with Crippen LogP contribution in [-0.4, -0.2) is 9.97 Å². The number of rotatable bonds is 4. The molecule has 5 nitrogen and oxygen atoms in total. The first-order chi connectivity index (χ1) is 9.51. The number of nitrogens with two attached hydrogens (primary N) is 1. The van der Waals surface area contributed by atoms with Gasteiger partial charge < -0.3 is 10.2 Å². The number of hydrazine groups is 1. The van der Waals surface area contributed by atoms with Crippen LogP contribution >= 0.6 is 15.9 Å². The number of anilines is 1. The summed E-state index contributed by atoms with van der Waals surface area (Å²) in [4.78, 5) is 8.83. The number of ether oxygens (including phenoxy) is 1. The molecule has 0 radical (unpaired) electrons. The summed E-state index contributed by atoms with van der Waals surface area (Å²) in [5, 5.41) is 0. The predicted molar refractivity (Wildman–Crippen MR) is 82.9 cm³/mol. The van der Waals surface area contributed by atoms with Crippen molar-refractivity contribution in [2.75, 3.05) is 5.43 Å². The summed E-state index contributed by atoms with van der Waals surface area (Å²) in [6.45, 7) is 5.91. The van der Waals surface area contributed by atoms with Gasteiger partial charge in [-0.2, -0.15) is 4.98 Å². The lowest BCUT2D eigenvalue weighted by Gasteiger charge is -2.14. The zero-order valence-corrected chi connectivity index (χ0v) is 13.2. The zero-order valence-electron chi connectivity index (χ0n) is 11.6. The predicted octanol–water partition coefficient (Wildman–Crippen LogP) is 3.75. The molecule has 0 aliphatic carbocycles. The van der Waals surface area contributed by atoms with Crippen molar-refractivity contribution >= 4 is 21.7 Å². The lowest BCUT2D eigenvalue weighted by Crippen LogP contribution is -2.13. The van der Waals surface area contributed by atoms with Crippen molar-refractivity contribution in [2.24, 2.45) is 5.84 Å². The Kier molecular flexibility index (Phi) is 4.57. The van der Waals surface area contributed by atoms with E-state index in [1.807, 2.05) is 45.0 Å².